The van der Waals surface area contributed by atoms with Gasteiger partial charge in [-0.3, -0.25) is 0 Å². The number of benzene rings is 1. The molecule has 1 aromatic rings. The number of hydrogen-bond donors (Lipinski definition) is 2. The van der Waals surface area contributed by atoms with Gasteiger partial charge in [0.1, 0.15) is 0 Å². The summed E-state index contributed by atoms with van der Waals surface area (Å²) in [6.45, 7) is 5.33. The molecule has 0 atom stereocenters. The molecule has 0 saturated heterocycles. The first kappa shape index (κ1) is 13.8. The van der Waals surface area contributed by atoms with Crippen LogP contribution in [0.2, 0.25) is 0 Å². The quantitative estimate of drug-likeness (QED) is 0.389. The second kappa shape index (κ2) is 5.86. The lowest BCUT2D eigenvalue weighted by Crippen LogP contribution is -2.24. The zero-order valence-corrected chi connectivity index (χ0v) is 11.3. The molecule has 0 amide bonds. The third-order valence-corrected chi connectivity index (χ3v) is 3.33. The molecule has 0 spiro atoms. The molecule has 1 aromatic carbocycles. The van der Waals surface area contributed by atoms with Crippen LogP contribution in [-0.2, 0) is 0 Å². The van der Waals surface area contributed by atoms with Crippen molar-refractivity contribution in [3.8, 4) is 0 Å². The first-order chi connectivity index (χ1) is 8.06. The molecule has 0 saturated carbocycles. The lowest BCUT2D eigenvalue weighted by atomic mass is 10.1. The Kier molecular flexibility index (Phi) is 4.74. The summed E-state index contributed by atoms with van der Waals surface area (Å²) < 4.78 is 14.3. The zero-order chi connectivity index (χ0) is 13.0. The van der Waals surface area contributed by atoms with Gasteiger partial charge in [-0.2, -0.15) is 0 Å². The van der Waals surface area contributed by atoms with Crippen LogP contribution in [0.1, 0.15) is 19.4 Å². The molecule has 0 aliphatic carbocycles. The minimum absolute atomic E-state index is 0.123. The van der Waals surface area contributed by atoms with Gasteiger partial charge >= 0.3 is 0 Å². The lowest BCUT2D eigenvalue weighted by molar-refractivity contribution is 0.318. The first-order valence-corrected chi connectivity index (χ1v) is 6.06. The van der Waals surface area contributed by atoms with Crippen molar-refractivity contribution in [3.63, 3.8) is 0 Å². The third kappa shape index (κ3) is 2.69. The molecule has 0 bridgehead atoms. The van der Waals surface area contributed by atoms with Gasteiger partial charge in [-0.05, 0) is 41.9 Å². The maximum atomic E-state index is 14.1. The Hall–Kier alpha value is -1.30. The van der Waals surface area contributed by atoms with Crippen LogP contribution in [-0.4, -0.2) is 24.1 Å². The van der Waals surface area contributed by atoms with Gasteiger partial charge in [-0.1, -0.05) is 5.16 Å². The predicted octanol–water partition coefficient (Wildman–Crippen LogP) is 2.53. The minimum atomic E-state index is -0.405. The van der Waals surface area contributed by atoms with Crippen LogP contribution in [0.15, 0.2) is 21.8 Å². The van der Waals surface area contributed by atoms with Crippen molar-refractivity contribution in [1.82, 2.24) is 0 Å². The Labute approximate surface area is 108 Å². The number of rotatable bonds is 4. The molecular formula is C11H15BrFN3O. The molecule has 94 valence electrons. The highest BCUT2D eigenvalue weighted by molar-refractivity contribution is 9.10. The molecule has 17 heavy (non-hydrogen) atoms. The van der Waals surface area contributed by atoms with Crippen molar-refractivity contribution >= 4 is 27.5 Å². The third-order valence-electron chi connectivity index (χ3n) is 2.55. The monoisotopic (exact) mass is 303 g/mol. The van der Waals surface area contributed by atoms with Gasteiger partial charge in [0.25, 0.3) is 0 Å². The van der Waals surface area contributed by atoms with E-state index in [1.807, 2.05) is 18.7 Å². The van der Waals surface area contributed by atoms with Crippen LogP contribution < -0.4 is 10.6 Å². The molecule has 0 radical (unpaired) electrons. The Balaban J connectivity index is 3.28. The standard InChI is InChI=1S/C11H15BrFN3O/c1-3-16(4-2)8-6-5-7(11(14)15-17)9(12)10(8)13/h5-6,17H,3-4H2,1-2H3,(H2,14,15). The second-order valence-corrected chi connectivity index (χ2v) is 4.21. The molecule has 6 heteroatoms. The summed E-state index contributed by atoms with van der Waals surface area (Å²) in [6.07, 6.45) is 0. The first-order valence-electron chi connectivity index (χ1n) is 5.27. The summed E-state index contributed by atoms with van der Waals surface area (Å²) in [5, 5.41) is 11.4. The van der Waals surface area contributed by atoms with Crippen LogP contribution in [0.4, 0.5) is 10.1 Å². The number of anilines is 1. The Bertz CT molecular complexity index is 433. The van der Waals surface area contributed by atoms with Crippen LogP contribution in [0.5, 0.6) is 0 Å². The van der Waals surface area contributed by atoms with Gasteiger partial charge in [0.15, 0.2) is 11.7 Å². The van der Waals surface area contributed by atoms with Gasteiger partial charge in [0, 0.05) is 18.7 Å². The van der Waals surface area contributed by atoms with E-state index in [-0.39, 0.29) is 10.3 Å². The number of nitrogens with two attached hydrogens (primary N) is 1. The van der Waals surface area contributed by atoms with Crippen LogP contribution in [0, 0.1) is 5.82 Å². The molecule has 0 heterocycles. The fourth-order valence-corrected chi connectivity index (χ4v) is 2.14. The fourth-order valence-electron chi connectivity index (χ4n) is 1.60. The van der Waals surface area contributed by atoms with E-state index >= 15 is 0 Å². The number of hydrogen-bond acceptors (Lipinski definition) is 3. The molecule has 1 rings (SSSR count). The normalized spacial score (nSPS) is 11.6. The molecule has 0 aliphatic heterocycles. The van der Waals surface area contributed by atoms with Gasteiger partial charge in [0.2, 0.25) is 0 Å². The van der Waals surface area contributed by atoms with Crippen molar-refractivity contribution in [1.29, 1.82) is 0 Å². The van der Waals surface area contributed by atoms with Gasteiger partial charge in [-0.15, -0.1) is 0 Å². The summed E-state index contributed by atoms with van der Waals surface area (Å²) in [6, 6.07) is 3.25. The molecule has 0 aromatic heterocycles. The zero-order valence-electron chi connectivity index (χ0n) is 9.74. The fraction of sp³-hybridized carbons (Fsp3) is 0.364. The predicted molar refractivity (Wildman–Crippen MR) is 70.2 cm³/mol. The van der Waals surface area contributed by atoms with Gasteiger partial charge < -0.3 is 15.8 Å². The van der Waals surface area contributed by atoms with Gasteiger partial charge in [0.05, 0.1) is 10.2 Å². The lowest BCUT2D eigenvalue weighted by Gasteiger charge is -2.22. The maximum Gasteiger partial charge on any atom is 0.171 e. The Morgan fingerprint density at radius 3 is 2.53 bits per heavy atom. The van der Waals surface area contributed by atoms with Crippen molar-refractivity contribution < 1.29 is 9.60 Å². The smallest absolute Gasteiger partial charge is 0.171 e. The largest absolute Gasteiger partial charge is 0.409 e. The van der Waals surface area contributed by atoms with Crippen molar-refractivity contribution in [2.75, 3.05) is 18.0 Å². The number of nitrogens with zero attached hydrogens (tertiary/aromatic N) is 2. The molecule has 3 N–H and O–H groups in total. The van der Waals surface area contributed by atoms with Crippen LogP contribution in [0.25, 0.3) is 0 Å². The number of halogens is 2. The Morgan fingerprint density at radius 2 is 2.06 bits per heavy atom. The molecular weight excluding hydrogens is 289 g/mol. The van der Waals surface area contributed by atoms with Crippen molar-refractivity contribution in [2.45, 2.75) is 13.8 Å². The molecule has 0 fully saturated rings. The van der Waals surface area contributed by atoms with E-state index in [0.717, 1.165) is 0 Å². The number of oxime groups is 1. The van der Waals surface area contributed by atoms with E-state index in [4.69, 9.17) is 10.9 Å². The SMILES string of the molecule is CCN(CC)c1ccc(/C(N)=N/O)c(Br)c1F. The highest BCUT2D eigenvalue weighted by atomic mass is 79.9. The number of amidine groups is 1. The molecule has 0 aliphatic rings. The van der Waals surface area contributed by atoms with Crippen molar-refractivity contribution in [3.05, 3.63) is 28.0 Å². The average Bonchev–Trinajstić information content (AvgIpc) is 2.35. The molecule has 0 unspecified atom stereocenters. The van der Waals surface area contributed by atoms with Crippen LogP contribution >= 0.6 is 15.9 Å². The highest BCUT2D eigenvalue weighted by Crippen LogP contribution is 2.29. The van der Waals surface area contributed by atoms with E-state index < -0.39 is 5.82 Å². The van der Waals surface area contributed by atoms with E-state index in [2.05, 4.69) is 21.1 Å². The van der Waals surface area contributed by atoms with Crippen LogP contribution in [0.3, 0.4) is 0 Å². The topological polar surface area (TPSA) is 61.8 Å². The summed E-state index contributed by atoms with van der Waals surface area (Å²) in [4.78, 5) is 1.89. The summed E-state index contributed by atoms with van der Waals surface area (Å²) in [7, 11) is 0. The average molecular weight is 304 g/mol. The van der Waals surface area contributed by atoms with E-state index in [1.54, 1.807) is 12.1 Å². The van der Waals surface area contributed by atoms with E-state index in [1.165, 1.54) is 0 Å². The van der Waals surface area contributed by atoms with Crippen molar-refractivity contribution in [2.24, 2.45) is 10.9 Å². The summed E-state index contributed by atoms with van der Waals surface area (Å²) in [5.74, 6) is -0.528. The van der Waals surface area contributed by atoms with Gasteiger partial charge in [-0.25, -0.2) is 4.39 Å². The maximum absolute atomic E-state index is 14.1. The van der Waals surface area contributed by atoms with E-state index in [9.17, 15) is 4.39 Å². The van der Waals surface area contributed by atoms with E-state index in [0.29, 0.717) is 24.3 Å². The molecule has 4 nitrogen and oxygen atoms in total. The summed E-state index contributed by atoms with van der Waals surface area (Å²) >= 11 is 3.13. The second-order valence-electron chi connectivity index (χ2n) is 3.42. The summed E-state index contributed by atoms with van der Waals surface area (Å²) in [5.41, 5.74) is 6.28. The minimum Gasteiger partial charge on any atom is -0.409 e. The highest BCUT2D eigenvalue weighted by Gasteiger charge is 2.16. The Morgan fingerprint density at radius 1 is 1.47 bits per heavy atom.